The number of anilines is 1. The summed E-state index contributed by atoms with van der Waals surface area (Å²) in [7, 11) is 0. The van der Waals surface area contributed by atoms with Crippen molar-refractivity contribution >= 4 is 22.7 Å². The molecule has 4 aromatic rings. The van der Waals surface area contributed by atoms with Gasteiger partial charge in [-0.05, 0) is 61.2 Å². The third-order valence-corrected chi connectivity index (χ3v) is 6.39. The van der Waals surface area contributed by atoms with E-state index in [0.29, 0.717) is 6.61 Å². The van der Waals surface area contributed by atoms with Crippen molar-refractivity contribution in [3.8, 4) is 5.75 Å². The molecule has 0 saturated heterocycles. The van der Waals surface area contributed by atoms with Gasteiger partial charge in [-0.2, -0.15) is 0 Å². The van der Waals surface area contributed by atoms with Crippen LogP contribution in [-0.4, -0.2) is 34.2 Å². The number of rotatable bonds is 8. The van der Waals surface area contributed by atoms with Gasteiger partial charge in [0, 0.05) is 41.2 Å². The quantitative estimate of drug-likeness (QED) is 0.329. The third kappa shape index (κ3) is 4.91. The minimum atomic E-state index is -0.819. The van der Waals surface area contributed by atoms with Crippen LogP contribution in [0.3, 0.4) is 0 Å². The van der Waals surface area contributed by atoms with E-state index in [2.05, 4.69) is 28.5 Å². The summed E-state index contributed by atoms with van der Waals surface area (Å²) in [4.78, 5) is 19.7. The van der Waals surface area contributed by atoms with Gasteiger partial charge in [0.1, 0.15) is 11.6 Å². The number of fused-ring (bicyclic) bond motifs is 2. The van der Waals surface area contributed by atoms with E-state index in [4.69, 9.17) is 9.72 Å². The van der Waals surface area contributed by atoms with Crippen LogP contribution in [0.1, 0.15) is 46.8 Å². The Bertz CT molecular complexity index is 1330. The summed E-state index contributed by atoms with van der Waals surface area (Å²) in [5.74, 6) is 0.743. The van der Waals surface area contributed by atoms with Gasteiger partial charge in [-0.25, -0.2) is 4.98 Å². The second-order valence-electron chi connectivity index (χ2n) is 8.98. The van der Waals surface area contributed by atoms with Crippen LogP contribution in [0, 0.1) is 6.92 Å². The molecule has 1 atom stereocenters. The molecule has 0 bridgehead atoms. The van der Waals surface area contributed by atoms with E-state index in [1.165, 1.54) is 5.56 Å². The minimum absolute atomic E-state index is 0.0300. The topological polar surface area (TPSA) is 87.2 Å². The van der Waals surface area contributed by atoms with Crippen LogP contribution in [0.4, 0.5) is 5.82 Å². The summed E-state index contributed by atoms with van der Waals surface area (Å²) in [5, 5.41) is 13.9. The maximum absolute atomic E-state index is 11.6. The Balaban J connectivity index is 1.30. The Hall–Kier alpha value is -3.80. The van der Waals surface area contributed by atoms with Crippen LogP contribution in [0.5, 0.6) is 5.75 Å². The van der Waals surface area contributed by atoms with E-state index < -0.39 is 5.97 Å². The first-order valence-electron chi connectivity index (χ1n) is 11.8. The van der Waals surface area contributed by atoms with Gasteiger partial charge in [-0.15, -0.1) is 0 Å². The van der Waals surface area contributed by atoms with Gasteiger partial charge in [0.05, 0.1) is 13.0 Å². The van der Waals surface area contributed by atoms with Crippen molar-refractivity contribution in [2.75, 3.05) is 18.5 Å². The van der Waals surface area contributed by atoms with Crippen molar-refractivity contribution in [1.29, 1.82) is 0 Å². The van der Waals surface area contributed by atoms with E-state index in [1.807, 2.05) is 49.4 Å². The standard InChI is InChI=1S/C28H29N3O3/c1-18-4-2-5-20(14-18)24(17-27(32)33)26-16-21-15-23(9-10-25(21)31-26)34-13-11-22-8-7-19-6-3-12-29-28(19)30-22/h2,4-5,7-10,14-16,24,31H,3,6,11-13,17H2,1H3,(H,29,30)(H,32,33). The fraction of sp³-hybridized carbons (Fsp3) is 0.286. The van der Waals surface area contributed by atoms with Gasteiger partial charge < -0.3 is 20.1 Å². The average molecular weight is 456 g/mol. The van der Waals surface area contributed by atoms with E-state index in [0.717, 1.165) is 70.8 Å². The number of ether oxygens (including phenoxy) is 1. The molecular formula is C28H29N3O3. The molecule has 0 fully saturated rings. The molecule has 1 aliphatic rings. The molecule has 174 valence electrons. The molecule has 2 aromatic carbocycles. The first-order chi connectivity index (χ1) is 16.5. The Kier molecular flexibility index (Phi) is 6.21. The number of nitrogens with one attached hydrogen (secondary N) is 2. The highest BCUT2D eigenvalue weighted by Gasteiger charge is 2.20. The maximum atomic E-state index is 11.6. The number of aliphatic carboxylic acids is 1. The predicted molar refractivity (Wildman–Crippen MR) is 134 cm³/mol. The van der Waals surface area contributed by atoms with Crippen molar-refractivity contribution in [3.63, 3.8) is 0 Å². The molecule has 0 aliphatic carbocycles. The number of aromatic nitrogens is 2. The van der Waals surface area contributed by atoms with E-state index in [-0.39, 0.29) is 12.3 Å². The van der Waals surface area contributed by atoms with Crippen molar-refractivity contribution in [3.05, 3.63) is 88.7 Å². The van der Waals surface area contributed by atoms with Gasteiger partial charge in [-0.3, -0.25) is 4.79 Å². The minimum Gasteiger partial charge on any atom is -0.493 e. The Morgan fingerprint density at radius 1 is 1.15 bits per heavy atom. The number of hydrogen-bond acceptors (Lipinski definition) is 4. The largest absolute Gasteiger partial charge is 0.493 e. The zero-order valence-electron chi connectivity index (χ0n) is 19.3. The molecule has 1 unspecified atom stereocenters. The van der Waals surface area contributed by atoms with E-state index in [1.54, 1.807) is 0 Å². The number of aryl methyl sites for hydroxylation is 2. The van der Waals surface area contributed by atoms with Crippen LogP contribution in [-0.2, 0) is 17.6 Å². The number of carboxylic acids is 1. The number of nitrogens with zero attached hydrogens (tertiary/aromatic N) is 1. The second kappa shape index (κ2) is 9.59. The van der Waals surface area contributed by atoms with Crippen molar-refractivity contribution < 1.29 is 14.6 Å². The number of aromatic amines is 1. The SMILES string of the molecule is Cc1cccc(C(CC(=O)O)c2cc3cc(OCCc4ccc5c(n4)NCCC5)ccc3[nH]2)c1. The molecule has 6 nitrogen and oxygen atoms in total. The lowest BCUT2D eigenvalue weighted by Gasteiger charge is -2.17. The summed E-state index contributed by atoms with van der Waals surface area (Å²) < 4.78 is 6.03. The number of benzene rings is 2. The van der Waals surface area contributed by atoms with Crippen molar-refractivity contribution in [2.45, 2.75) is 38.5 Å². The number of pyridine rings is 1. The van der Waals surface area contributed by atoms with Crippen LogP contribution in [0.15, 0.2) is 60.7 Å². The van der Waals surface area contributed by atoms with Crippen molar-refractivity contribution in [2.24, 2.45) is 0 Å². The third-order valence-electron chi connectivity index (χ3n) is 6.39. The molecule has 6 heteroatoms. The van der Waals surface area contributed by atoms with Crippen LogP contribution < -0.4 is 10.1 Å². The molecule has 0 amide bonds. The molecule has 34 heavy (non-hydrogen) atoms. The summed E-state index contributed by atoms with van der Waals surface area (Å²) in [5.41, 5.74) is 6.28. The molecule has 5 rings (SSSR count). The van der Waals surface area contributed by atoms with E-state index >= 15 is 0 Å². The lowest BCUT2D eigenvalue weighted by atomic mass is 9.91. The van der Waals surface area contributed by atoms with Gasteiger partial charge in [0.2, 0.25) is 0 Å². The highest BCUT2D eigenvalue weighted by atomic mass is 16.5. The Labute approximate surface area is 199 Å². The zero-order chi connectivity index (χ0) is 23.5. The summed E-state index contributed by atoms with van der Waals surface area (Å²) in [6, 6.07) is 20.3. The lowest BCUT2D eigenvalue weighted by molar-refractivity contribution is -0.137. The second-order valence-corrected chi connectivity index (χ2v) is 8.98. The molecule has 0 saturated carbocycles. The number of hydrogen-bond donors (Lipinski definition) is 3. The van der Waals surface area contributed by atoms with E-state index in [9.17, 15) is 9.90 Å². The summed E-state index contributed by atoms with van der Waals surface area (Å²) >= 11 is 0. The Morgan fingerprint density at radius 3 is 2.91 bits per heavy atom. The molecule has 3 N–H and O–H groups in total. The van der Waals surface area contributed by atoms with Gasteiger partial charge in [0.15, 0.2) is 0 Å². The fourth-order valence-electron chi connectivity index (χ4n) is 4.66. The first-order valence-corrected chi connectivity index (χ1v) is 11.8. The first kappa shape index (κ1) is 22.0. The summed E-state index contributed by atoms with van der Waals surface area (Å²) in [6.45, 7) is 3.54. The normalized spacial score (nSPS) is 13.8. The van der Waals surface area contributed by atoms with Crippen LogP contribution in [0.25, 0.3) is 10.9 Å². The molecular weight excluding hydrogens is 426 g/mol. The zero-order valence-corrected chi connectivity index (χ0v) is 19.3. The van der Waals surface area contributed by atoms with Crippen molar-refractivity contribution in [1.82, 2.24) is 9.97 Å². The molecule has 0 radical (unpaired) electrons. The average Bonchev–Trinajstić information content (AvgIpc) is 3.25. The smallest absolute Gasteiger partial charge is 0.304 e. The monoisotopic (exact) mass is 455 g/mol. The number of H-pyrrole nitrogens is 1. The predicted octanol–water partition coefficient (Wildman–Crippen LogP) is 5.46. The molecule has 2 aromatic heterocycles. The maximum Gasteiger partial charge on any atom is 0.304 e. The molecule has 3 heterocycles. The molecule has 1 aliphatic heterocycles. The number of carboxylic acid groups (broad SMARTS) is 1. The highest BCUT2D eigenvalue weighted by Crippen LogP contribution is 2.32. The van der Waals surface area contributed by atoms with Gasteiger partial charge in [0.25, 0.3) is 0 Å². The number of carbonyl (C=O) groups is 1. The highest BCUT2D eigenvalue weighted by molar-refractivity contribution is 5.82. The van der Waals surface area contributed by atoms with Gasteiger partial charge >= 0.3 is 5.97 Å². The van der Waals surface area contributed by atoms with Gasteiger partial charge in [-0.1, -0.05) is 35.9 Å². The van der Waals surface area contributed by atoms with Crippen LogP contribution >= 0.6 is 0 Å². The lowest BCUT2D eigenvalue weighted by Crippen LogP contribution is -2.14. The summed E-state index contributed by atoms with van der Waals surface area (Å²) in [6.07, 6.45) is 3.01. The fourth-order valence-corrected chi connectivity index (χ4v) is 4.66. The Morgan fingerprint density at radius 2 is 2.06 bits per heavy atom. The molecule has 0 spiro atoms. The van der Waals surface area contributed by atoms with Crippen LogP contribution in [0.2, 0.25) is 0 Å².